The molecule has 1 saturated heterocycles. The van der Waals surface area contributed by atoms with E-state index in [2.05, 4.69) is 45.9 Å². The number of aromatic nitrogens is 4. The second kappa shape index (κ2) is 9.41. The third-order valence-corrected chi connectivity index (χ3v) is 7.77. The predicted molar refractivity (Wildman–Crippen MR) is 151 cm³/mol. The van der Waals surface area contributed by atoms with Gasteiger partial charge < -0.3 is 20.2 Å². The molecule has 2 aliphatic rings. The molecule has 2 aromatic heterocycles. The monoisotopic (exact) mass is 511 g/mol. The van der Waals surface area contributed by atoms with Crippen LogP contribution in [0.25, 0.3) is 16.7 Å². The van der Waals surface area contributed by atoms with E-state index in [1.807, 2.05) is 37.3 Å². The van der Waals surface area contributed by atoms with Gasteiger partial charge in [-0.15, -0.1) is 6.58 Å². The van der Waals surface area contributed by atoms with Gasteiger partial charge in [0, 0.05) is 43.8 Å². The minimum Gasteiger partial charge on any atom is -0.385 e. The molecule has 9 heteroatoms. The average molecular weight is 512 g/mol. The van der Waals surface area contributed by atoms with Crippen molar-refractivity contribution in [1.82, 2.24) is 24.2 Å². The van der Waals surface area contributed by atoms with Crippen LogP contribution in [0.2, 0.25) is 0 Å². The molecule has 4 aromatic rings. The highest BCUT2D eigenvalue weighted by Crippen LogP contribution is 2.37. The number of aliphatic hydroxyl groups is 1. The van der Waals surface area contributed by atoms with Crippen molar-refractivity contribution >= 4 is 28.4 Å². The van der Waals surface area contributed by atoms with Crippen molar-refractivity contribution in [2.75, 3.05) is 43.4 Å². The fraction of sp³-hybridized carbons (Fsp3) is 0.345. The fourth-order valence-electron chi connectivity index (χ4n) is 5.52. The van der Waals surface area contributed by atoms with Crippen molar-refractivity contribution in [3.05, 3.63) is 82.8 Å². The number of anilines is 3. The summed E-state index contributed by atoms with van der Waals surface area (Å²) in [6, 6.07) is 14.2. The number of hydrogen-bond acceptors (Lipinski definition) is 7. The van der Waals surface area contributed by atoms with Crippen LogP contribution < -0.4 is 15.8 Å². The number of nitrogens with zero attached hydrogens (tertiary/aromatic N) is 6. The van der Waals surface area contributed by atoms with Gasteiger partial charge in [-0.05, 0) is 74.3 Å². The fourth-order valence-corrected chi connectivity index (χ4v) is 5.52. The number of hydrogen-bond donors (Lipinski definition) is 2. The van der Waals surface area contributed by atoms with Gasteiger partial charge >= 0.3 is 0 Å². The molecule has 38 heavy (non-hydrogen) atoms. The van der Waals surface area contributed by atoms with Gasteiger partial charge in [-0.2, -0.15) is 4.98 Å². The van der Waals surface area contributed by atoms with Crippen molar-refractivity contribution in [2.24, 2.45) is 0 Å². The average Bonchev–Trinajstić information content (AvgIpc) is 3.37. The first-order valence-corrected chi connectivity index (χ1v) is 13.1. The Morgan fingerprint density at radius 2 is 1.84 bits per heavy atom. The number of nitrogens with one attached hydrogen (secondary N) is 1. The Kier molecular flexibility index (Phi) is 6.04. The Hall–Kier alpha value is -3.95. The molecule has 6 rings (SSSR count). The van der Waals surface area contributed by atoms with Crippen molar-refractivity contribution < 1.29 is 5.11 Å². The van der Waals surface area contributed by atoms with Crippen LogP contribution in [-0.2, 0) is 18.6 Å². The van der Waals surface area contributed by atoms with E-state index in [0.29, 0.717) is 29.9 Å². The van der Waals surface area contributed by atoms with Crippen LogP contribution >= 0.6 is 0 Å². The molecule has 1 aliphatic heterocycles. The van der Waals surface area contributed by atoms with Crippen LogP contribution in [0.15, 0.2) is 66.1 Å². The topological polar surface area (TPSA) is 91.5 Å². The zero-order valence-corrected chi connectivity index (χ0v) is 21.9. The lowest BCUT2D eigenvalue weighted by atomic mass is 9.98. The molecule has 2 aromatic carbocycles. The highest BCUT2D eigenvalue weighted by atomic mass is 16.3. The van der Waals surface area contributed by atoms with Gasteiger partial charge in [0.05, 0.1) is 17.8 Å². The summed E-state index contributed by atoms with van der Waals surface area (Å²) in [7, 11) is 2.15. The largest absolute Gasteiger partial charge is 0.385 e. The first kappa shape index (κ1) is 24.4. The summed E-state index contributed by atoms with van der Waals surface area (Å²) in [5.41, 5.74) is 4.28. The molecule has 0 saturated carbocycles. The molecule has 9 nitrogen and oxygen atoms in total. The number of aryl methyl sites for hydroxylation is 1. The number of benzene rings is 2. The van der Waals surface area contributed by atoms with Crippen molar-refractivity contribution in [1.29, 1.82) is 0 Å². The maximum atomic E-state index is 13.3. The molecule has 3 heterocycles. The van der Waals surface area contributed by atoms with Gasteiger partial charge in [0.2, 0.25) is 5.95 Å². The normalized spacial score (nSPS) is 19.6. The van der Waals surface area contributed by atoms with Crippen LogP contribution in [0.4, 0.5) is 17.3 Å². The van der Waals surface area contributed by atoms with E-state index < -0.39 is 5.60 Å². The van der Waals surface area contributed by atoms with Gasteiger partial charge in [0.1, 0.15) is 5.39 Å². The van der Waals surface area contributed by atoms with Crippen LogP contribution in [-0.4, -0.2) is 62.6 Å². The standard InChI is InChI=1S/C29H33N7O2/c1-4-13-35-27(37)24-19-30-28(31-21-6-9-22(10-7-21)34-16-14-33(3)15-17-34)32-26(24)36(35)23-8-5-20-11-12-29(2,38)25(20)18-23/h4-10,18-19,38H,1,11-17H2,2-3H3,(H,30,31,32). The molecule has 196 valence electrons. The molecule has 1 fully saturated rings. The second-order valence-corrected chi connectivity index (χ2v) is 10.5. The van der Waals surface area contributed by atoms with E-state index in [1.54, 1.807) is 21.6 Å². The smallest absolute Gasteiger partial charge is 0.278 e. The van der Waals surface area contributed by atoms with Gasteiger partial charge in [-0.25, -0.2) is 14.3 Å². The molecule has 2 N–H and O–H groups in total. The van der Waals surface area contributed by atoms with Crippen LogP contribution in [0.1, 0.15) is 24.5 Å². The maximum absolute atomic E-state index is 13.3. The lowest BCUT2D eigenvalue weighted by Gasteiger charge is -2.34. The molecule has 0 bridgehead atoms. The Morgan fingerprint density at radius 3 is 2.58 bits per heavy atom. The summed E-state index contributed by atoms with van der Waals surface area (Å²) in [6.45, 7) is 10.1. The van der Waals surface area contributed by atoms with E-state index in [9.17, 15) is 9.90 Å². The lowest BCUT2D eigenvalue weighted by molar-refractivity contribution is 0.0594. The van der Waals surface area contributed by atoms with Crippen LogP contribution in [0.3, 0.4) is 0 Å². The van der Waals surface area contributed by atoms with Crippen LogP contribution in [0.5, 0.6) is 0 Å². The molecule has 1 atom stereocenters. The minimum absolute atomic E-state index is 0.185. The number of rotatable bonds is 6. The SMILES string of the molecule is C=CCn1c(=O)c2cnc(Nc3ccc(N4CCN(C)CC4)cc3)nc2n1-c1ccc2c(c1)C(C)(O)CC2. The Labute approximate surface area is 221 Å². The number of likely N-dealkylation sites (N-methyl/N-ethyl adjacent to an activating group) is 1. The van der Waals surface area contributed by atoms with Crippen molar-refractivity contribution in [3.63, 3.8) is 0 Å². The summed E-state index contributed by atoms with van der Waals surface area (Å²) >= 11 is 0. The second-order valence-electron chi connectivity index (χ2n) is 10.5. The first-order valence-electron chi connectivity index (χ1n) is 13.1. The summed E-state index contributed by atoms with van der Waals surface area (Å²) in [5.74, 6) is 0.405. The Balaban J connectivity index is 1.36. The summed E-state index contributed by atoms with van der Waals surface area (Å²) in [6.07, 6.45) is 4.78. The zero-order valence-electron chi connectivity index (χ0n) is 21.9. The molecular weight excluding hydrogens is 478 g/mol. The van der Waals surface area contributed by atoms with E-state index in [4.69, 9.17) is 4.98 Å². The third kappa shape index (κ3) is 4.27. The number of piperazine rings is 1. The molecule has 0 spiro atoms. The number of allylic oxidation sites excluding steroid dienone is 1. The Bertz CT molecular complexity index is 1560. The van der Waals surface area contributed by atoms with E-state index >= 15 is 0 Å². The maximum Gasteiger partial charge on any atom is 0.278 e. The van der Waals surface area contributed by atoms with Gasteiger partial charge in [0.25, 0.3) is 5.56 Å². The van der Waals surface area contributed by atoms with Crippen molar-refractivity contribution in [3.8, 4) is 5.69 Å². The van der Waals surface area contributed by atoms with Gasteiger partial charge in [-0.3, -0.25) is 4.79 Å². The predicted octanol–water partition coefficient (Wildman–Crippen LogP) is 3.42. The highest BCUT2D eigenvalue weighted by Gasteiger charge is 2.32. The molecule has 1 aliphatic carbocycles. The summed E-state index contributed by atoms with van der Waals surface area (Å²) in [5, 5.41) is 14.6. The quantitative estimate of drug-likeness (QED) is 0.383. The van der Waals surface area contributed by atoms with Crippen LogP contribution in [0, 0.1) is 0 Å². The van der Waals surface area contributed by atoms with Gasteiger partial charge in [-0.1, -0.05) is 12.1 Å². The van der Waals surface area contributed by atoms with Gasteiger partial charge in [0.15, 0.2) is 5.65 Å². The molecule has 0 radical (unpaired) electrons. The summed E-state index contributed by atoms with van der Waals surface area (Å²) < 4.78 is 3.41. The molecule has 0 amide bonds. The third-order valence-electron chi connectivity index (χ3n) is 7.77. The minimum atomic E-state index is -0.893. The summed E-state index contributed by atoms with van der Waals surface area (Å²) in [4.78, 5) is 27.2. The molecular formula is C29H33N7O2. The van der Waals surface area contributed by atoms with E-state index in [1.165, 1.54) is 5.69 Å². The lowest BCUT2D eigenvalue weighted by Crippen LogP contribution is -2.44. The highest BCUT2D eigenvalue weighted by molar-refractivity contribution is 5.77. The van der Waals surface area contributed by atoms with Crippen molar-refractivity contribution in [2.45, 2.75) is 31.9 Å². The first-order chi connectivity index (χ1) is 18.3. The Morgan fingerprint density at radius 1 is 1.11 bits per heavy atom. The van der Waals surface area contributed by atoms with E-state index in [0.717, 1.165) is 55.1 Å². The van der Waals surface area contributed by atoms with E-state index in [-0.39, 0.29) is 5.56 Å². The zero-order chi connectivity index (χ0) is 26.4. The molecule has 1 unspecified atom stereocenters. The number of fused-ring (bicyclic) bond motifs is 2.